The zero-order valence-electron chi connectivity index (χ0n) is 13.1. The van der Waals surface area contributed by atoms with Gasteiger partial charge in [0, 0.05) is 31.3 Å². The molecule has 2 aliphatic heterocycles. The van der Waals surface area contributed by atoms with Gasteiger partial charge in [0.25, 0.3) is 0 Å². The second-order valence-electron chi connectivity index (χ2n) is 6.54. The number of hydrogen-bond donors (Lipinski definition) is 2. The van der Waals surface area contributed by atoms with E-state index < -0.39 is 0 Å². The summed E-state index contributed by atoms with van der Waals surface area (Å²) in [5.74, 6) is 5.82. The lowest BCUT2D eigenvalue weighted by atomic mass is 9.88. The van der Waals surface area contributed by atoms with E-state index in [1.807, 2.05) is 0 Å². The number of morpholine rings is 1. The summed E-state index contributed by atoms with van der Waals surface area (Å²) in [6.07, 6.45) is 6.38. The Morgan fingerprint density at radius 1 is 1.30 bits per heavy atom. The van der Waals surface area contributed by atoms with Crippen LogP contribution in [0.25, 0.3) is 0 Å². The monoisotopic (exact) mass is 285 g/mol. The summed E-state index contributed by atoms with van der Waals surface area (Å²) in [7, 11) is 0. The molecule has 0 bridgehead atoms. The summed E-state index contributed by atoms with van der Waals surface area (Å²) in [5.41, 5.74) is 3.11. The van der Waals surface area contributed by atoms with Crippen LogP contribution in [0.15, 0.2) is 0 Å². The molecular weight excluding hydrogens is 254 g/mol. The Morgan fingerprint density at radius 3 is 2.65 bits per heavy atom. The van der Waals surface area contributed by atoms with Gasteiger partial charge in [0.15, 0.2) is 0 Å². The zero-order chi connectivity index (χ0) is 14.4. The van der Waals surface area contributed by atoms with Crippen LogP contribution in [0, 0.1) is 0 Å². The van der Waals surface area contributed by atoms with Gasteiger partial charge < -0.3 is 9.47 Å². The standard InChI is InChI=1S/C15H31N3O2/c1-15(2,18-8-11-19-12-9-18)14(17-16)7-3-5-13-6-4-10-20-13/h13-14,17H,3-12,16H2,1-2H3. The molecule has 5 heteroatoms. The van der Waals surface area contributed by atoms with Crippen molar-refractivity contribution in [3.8, 4) is 0 Å². The van der Waals surface area contributed by atoms with Crippen LogP contribution in [-0.2, 0) is 9.47 Å². The molecule has 0 spiro atoms. The van der Waals surface area contributed by atoms with Gasteiger partial charge in [-0.3, -0.25) is 16.2 Å². The SMILES string of the molecule is CC(C)(C(CCCC1CCCO1)NN)N1CCOCC1. The molecule has 20 heavy (non-hydrogen) atoms. The zero-order valence-corrected chi connectivity index (χ0v) is 13.1. The van der Waals surface area contributed by atoms with Crippen molar-refractivity contribution in [2.45, 2.75) is 63.6 Å². The van der Waals surface area contributed by atoms with Gasteiger partial charge in [-0.1, -0.05) is 0 Å². The molecule has 2 unspecified atom stereocenters. The highest BCUT2D eigenvalue weighted by Gasteiger charge is 2.35. The maximum atomic E-state index is 5.82. The molecule has 0 aromatic carbocycles. The molecule has 0 aromatic rings. The van der Waals surface area contributed by atoms with Crippen molar-refractivity contribution in [1.29, 1.82) is 0 Å². The van der Waals surface area contributed by atoms with Crippen LogP contribution in [0.5, 0.6) is 0 Å². The summed E-state index contributed by atoms with van der Waals surface area (Å²) in [6.45, 7) is 9.17. The molecule has 2 aliphatic rings. The molecule has 2 atom stereocenters. The molecule has 118 valence electrons. The third-order valence-electron chi connectivity index (χ3n) is 4.92. The molecule has 0 radical (unpaired) electrons. The fraction of sp³-hybridized carbons (Fsp3) is 1.00. The largest absolute Gasteiger partial charge is 0.379 e. The summed E-state index contributed by atoms with van der Waals surface area (Å²) in [6, 6.07) is 0.307. The van der Waals surface area contributed by atoms with Crippen molar-refractivity contribution in [3.63, 3.8) is 0 Å². The van der Waals surface area contributed by atoms with Crippen LogP contribution in [0.2, 0.25) is 0 Å². The van der Waals surface area contributed by atoms with Crippen LogP contribution in [0.1, 0.15) is 46.0 Å². The smallest absolute Gasteiger partial charge is 0.0594 e. The molecule has 0 amide bonds. The highest BCUT2D eigenvalue weighted by Crippen LogP contribution is 2.25. The lowest BCUT2D eigenvalue weighted by Crippen LogP contribution is -2.61. The van der Waals surface area contributed by atoms with Gasteiger partial charge in [0.05, 0.1) is 19.3 Å². The lowest BCUT2D eigenvalue weighted by Gasteiger charge is -2.45. The van der Waals surface area contributed by atoms with Crippen molar-refractivity contribution >= 4 is 0 Å². The Balaban J connectivity index is 1.78. The number of nitrogens with one attached hydrogen (secondary N) is 1. The minimum atomic E-state index is 0.0645. The first-order chi connectivity index (χ1) is 9.64. The van der Waals surface area contributed by atoms with Crippen LogP contribution in [-0.4, -0.2) is 55.5 Å². The minimum absolute atomic E-state index is 0.0645. The van der Waals surface area contributed by atoms with Gasteiger partial charge in [-0.05, 0) is 46.0 Å². The van der Waals surface area contributed by atoms with Crippen molar-refractivity contribution < 1.29 is 9.47 Å². The molecular formula is C15H31N3O2. The van der Waals surface area contributed by atoms with Crippen LogP contribution in [0.4, 0.5) is 0 Å². The molecule has 2 heterocycles. The van der Waals surface area contributed by atoms with Crippen molar-refractivity contribution in [2.75, 3.05) is 32.9 Å². The highest BCUT2D eigenvalue weighted by molar-refractivity contribution is 4.93. The maximum Gasteiger partial charge on any atom is 0.0594 e. The quantitative estimate of drug-likeness (QED) is 0.545. The Morgan fingerprint density at radius 2 is 2.05 bits per heavy atom. The van der Waals surface area contributed by atoms with E-state index in [2.05, 4.69) is 24.2 Å². The Kier molecular flexibility index (Phi) is 6.23. The average Bonchev–Trinajstić information content (AvgIpc) is 2.97. The number of nitrogens with zero attached hydrogens (tertiary/aromatic N) is 1. The second kappa shape index (κ2) is 7.71. The normalized spacial score (nSPS) is 26.9. The molecule has 2 saturated heterocycles. The van der Waals surface area contributed by atoms with Gasteiger partial charge in [0.2, 0.25) is 0 Å². The van der Waals surface area contributed by atoms with Crippen LogP contribution in [0.3, 0.4) is 0 Å². The van der Waals surface area contributed by atoms with E-state index in [1.165, 1.54) is 19.3 Å². The van der Waals surface area contributed by atoms with Gasteiger partial charge in [-0.25, -0.2) is 0 Å². The van der Waals surface area contributed by atoms with Crippen molar-refractivity contribution in [1.82, 2.24) is 10.3 Å². The summed E-state index contributed by atoms with van der Waals surface area (Å²) in [5, 5.41) is 0. The first-order valence-corrected chi connectivity index (χ1v) is 8.05. The van der Waals surface area contributed by atoms with Gasteiger partial charge in [0.1, 0.15) is 0 Å². The number of ether oxygens (including phenoxy) is 2. The molecule has 3 N–H and O–H groups in total. The molecule has 2 fully saturated rings. The second-order valence-corrected chi connectivity index (χ2v) is 6.54. The highest BCUT2D eigenvalue weighted by atomic mass is 16.5. The summed E-state index contributed by atoms with van der Waals surface area (Å²) in [4.78, 5) is 2.49. The Hall–Kier alpha value is -0.200. The van der Waals surface area contributed by atoms with E-state index in [4.69, 9.17) is 15.3 Å². The third-order valence-corrected chi connectivity index (χ3v) is 4.92. The van der Waals surface area contributed by atoms with Gasteiger partial charge in [-0.2, -0.15) is 0 Å². The summed E-state index contributed by atoms with van der Waals surface area (Å²) < 4.78 is 11.1. The minimum Gasteiger partial charge on any atom is -0.379 e. The van der Waals surface area contributed by atoms with Crippen LogP contribution < -0.4 is 11.3 Å². The van der Waals surface area contributed by atoms with E-state index in [9.17, 15) is 0 Å². The van der Waals surface area contributed by atoms with E-state index in [-0.39, 0.29) is 5.54 Å². The van der Waals surface area contributed by atoms with Gasteiger partial charge in [-0.15, -0.1) is 0 Å². The number of nitrogens with two attached hydrogens (primary N) is 1. The molecule has 0 aliphatic carbocycles. The molecule has 0 saturated carbocycles. The maximum absolute atomic E-state index is 5.82. The van der Waals surface area contributed by atoms with E-state index in [0.717, 1.165) is 45.8 Å². The number of hydrazine groups is 1. The van der Waals surface area contributed by atoms with Crippen LogP contribution >= 0.6 is 0 Å². The van der Waals surface area contributed by atoms with Gasteiger partial charge >= 0.3 is 0 Å². The van der Waals surface area contributed by atoms with E-state index in [1.54, 1.807) is 0 Å². The first kappa shape index (κ1) is 16.2. The number of rotatable bonds is 7. The number of hydrogen-bond acceptors (Lipinski definition) is 5. The van der Waals surface area contributed by atoms with Crippen molar-refractivity contribution in [3.05, 3.63) is 0 Å². The Labute approximate surface area is 123 Å². The molecule has 5 nitrogen and oxygen atoms in total. The predicted octanol–water partition coefficient (Wildman–Crippen LogP) is 1.28. The topological polar surface area (TPSA) is 59.8 Å². The third kappa shape index (κ3) is 4.15. The molecule has 0 aromatic heterocycles. The lowest BCUT2D eigenvalue weighted by molar-refractivity contribution is -0.0250. The fourth-order valence-corrected chi connectivity index (χ4v) is 3.42. The first-order valence-electron chi connectivity index (χ1n) is 8.05. The fourth-order valence-electron chi connectivity index (χ4n) is 3.42. The summed E-state index contributed by atoms with van der Waals surface area (Å²) >= 11 is 0. The van der Waals surface area contributed by atoms with E-state index in [0.29, 0.717) is 12.1 Å². The Bertz CT molecular complexity index is 274. The molecule has 2 rings (SSSR count). The van der Waals surface area contributed by atoms with E-state index >= 15 is 0 Å². The predicted molar refractivity (Wildman–Crippen MR) is 80.4 cm³/mol. The average molecular weight is 285 g/mol. The van der Waals surface area contributed by atoms with Crippen molar-refractivity contribution in [2.24, 2.45) is 5.84 Å².